The van der Waals surface area contributed by atoms with Crippen LogP contribution in [0.3, 0.4) is 0 Å². The maximum atomic E-state index is 13.7. The summed E-state index contributed by atoms with van der Waals surface area (Å²) in [5, 5.41) is 2.66. The molecule has 2 aromatic rings. The summed E-state index contributed by atoms with van der Waals surface area (Å²) in [4.78, 5) is 0. The van der Waals surface area contributed by atoms with Crippen molar-refractivity contribution >= 4 is 0 Å². The fourth-order valence-corrected chi connectivity index (χ4v) is 2.20. The maximum absolute atomic E-state index is 13.7. The van der Waals surface area contributed by atoms with Gasteiger partial charge < -0.3 is 5.32 Å². The Morgan fingerprint density at radius 2 is 1.29 bits per heavy atom. The first-order chi connectivity index (χ1) is 9.90. The summed E-state index contributed by atoms with van der Waals surface area (Å²) >= 11 is 0. The van der Waals surface area contributed by atoms with Gasteiger partial charge in [-0.25, -0.2) is 22.0 Å². The molecule has 0 amide bonds. The zero-order valence-electron chi connectivity index (χ0n) is 11.1. The van der Waals surface area contributed by atoms with Crippen LogP contribution in [0.4, 0.5) is 22.0 Å². The molecule has 1 atom stereocenters. The summed E-state index contributed by atoms with van der Waals surface area (Å²) in [6.45, 7) is 0. The van der Waals surface area contributed by atoms with Crippen molar-refractivity contribution in [3.8, 4) is 0 Å². The third-order valence-electron chi connectivity index (χ3n) is 3.10. The smallest absolute Gasteiger partial charge is 0.133 e. The molecule has 112 valence electrons. The average Bonchev–Trinajstić information content (AvgIpc) is 2.35. The highest BCUT2D eigenvalue weighted by Crippen LogP contribution is 2.25. The van der Waals surface area contributed by atoms with Gasteiger partial charge in [0.2, 0.25) is 0 Å². The van der Waals surface area contributed by atoms with Gasteiger partial charge in [0, 0.05) is 29.8 Å². The van der Waals surface area contributed by atoms with Crippen molar-refractivity contribution in [3.05, 3.63) is 70.5 Å². The SMILES string of the molecule is CNC(Cc1cc(F)cc(F)c1)c1c(F)cc(F)cc1F. The van der Waals surface area contributed by atoms with E-state index in [4.69, 9.17) is 0 Å². The Labute approximate surface area is 118 Å². The summed E-state index contributed by atoms with van der Waals surface area (Å²) < 4.78 is 66.7. The molecule has 0 fully saturated rings. The molecule has 21 heavy (non-hydrogen) atoms. The van der Waals surface area contributed by atoms with Crippen LogP contribution in [-0.4, -0.2) is 7.05 Å². The first-order valence-electron chi connectivity index (χ1n) is 6.17. The van der Waals surface area contributed by atoms with Gasteiger partial charge in [-0.3, -0.25) is 0 Å². The van der Waals surface area contributed by atoms with Crippen molar-refractivity contribution in [1.82, 2.24) is 5.32 Å². The Hall–Kier alpha value is -1.95. The van der Waals surface area contributed by atoms with Crippen LogP contribution in [0.15, 0.2) is 30.3 Å². The zero-order valence-corrected chi connectivity index (χ0v) is 11.1. The minimum Gasteiger partial charge on any atom is -0.313 e. The summed E-state index contributed by atoms with van der Waals surface area (Å²) in [7, 11) is 1.45. The van der Waals surface area contributed by atoms with Crippen molar-refractivity contribution in [2.75, 3.05) is 7.05 Å². The molecule has 0 spiro atoms. The lowest BCUT2D eigenvalue weighted by Gasteiger charge is -2.18. The van der Waals surface area contributed by atoms with Gasteiger partial charge in [-0.1, -0.05) is 0 Å². The molecule has 0 saturated heterocycles. The van der Waals surface area contributed by atoms with E-state index >= 15 is 0 Å². The Bertz CT molecular complexity index is 613. The lowest BCUT2D eigenvalue weighted by atomic mass is 9.97. The number of halogens is 5. The van der Waals surface area contributed by atoms with E-state index in [1.807, 2.05) is 0 Å². The molecule has 1 nitrogen and oxygen atoms in total. The van der Waals surface area contributed by atoms with Gasteiger partial charge >= 0.3 is 0 Å². The van der Waals surface area contributed by atoms with E-state index in [1.165, 1.54) is 7.05 Å². The van der Waals surface area contributed by atoms with Crippen LogP contribution in [0, 0.1) is 29.1 Å². The minimum atomic E-state index is -1.05. The number of rotatable bonds is 4. The molecule has 0 aliphatic heterocycles. The lowest BCUT2D eigenvalue weighted by molar-refractivity contribution is 0.474. The van der Waals surface area contributed by atoms with Crippen molar-refractivity contribution in [1.29, 1.82) is 0 Å². The standard InChI is InChI=1S/C15H12F5N/c1-21-14(4-8-2-9(16)5-10(17)3-8)15-12(19)6-11(18)7-13(15)20/h2-3,5-7,14,21H,4H2,1H3. The average molecular weight is 301 g/mol. The highest BCUT2D eigenvalue weighted by atomic mass is 19.2. The molecule has 0 saturated carbocycles. The van der Waals surface area contributed by atoms with Gasteiger partial charge in [-0.15, -0.1) is 0 Å². The minimum absolute atomic E-state index is 0.0509. The molecular weight excluding hydrogens is 289 g/mol. The second-order valence-corrected chi connectivity index (χ2v) is 4.61. The van der Waals surface area contributed by atoms with Crippen molar-refractivity contribution in [3.63, 3.8) is 0 Å². The largest absolute Gasteiger partial charge is 0.313 e. The second kappa shape index (κ2) is 6.22. The predicted octanol–water partition coefficient (Wildman–Crippen LogP) is 3.89. The molecule has 0 radical (unpaired) electrons. The molecular formula is C15H12F5N. The number of hydrogen-bond acceptors (Lipinski definition) is 1. The van der Waals surface area contributed by atoms with Crippen LogP contribution < -0.4 is 5.32 Å². The predicted molar refractivity (Wildman–Crippen MR) is 68.2 cm³/mol. The number of hydrogen-bond donors (Lipinski definition) is 1. The van der Waals surface area contributed by atoms with Crippen molar-refractivity contribution < 1.29 is 22.0 Å². The van der Waals surface area contributed by atoms with Gasteiger partial charge in [0.05, 0.1) is 0 Å². The monoisotopic (exact) mass is 301 g/mol. The molecule has 0 aromatic heterocycles. The van der Waals surface area contributed by atoms with E-state index in [1.54, 1.807) is 0 Å². The molecule has 0 bridgehead atoms. The molecule has 0 aliphatic carbocycles. The fraction of sp³-hybridized carbons (Fsp3) is 0.200. The van der Waals surface area contributed by atoms with Gasteiger partial charge in [0.15, 0.2) is 0 Å². The molecule has 0 aliphatic rings. The van der Waals surface area contributed by atoms with Gasteiger partial charge in [-0.2, -0.15) is 0 Å². The van der Waals surface area contributed by atoms with E-state index in [-0.39, 0.29) is 17.5 Å². The van der Waals surface area contributed by atoms with E-state index in [2.05, 4.69) is 5.32 Å². The second-order valence-electron chi connectivity index (χ2n) is 4.61. The van der Waals surface area contributed by atoms with Gasteiger partial charge in [0.1, 0.15) is 29.1 Å². The van der Waals surface area contributed by atoms with E-state index in [9.17, 15) is 22.0 Å². The maximum Gasteiger partial charge on any atom is 0.133 e. The lowest BCUT2D eigenvalue weighted by Crippen LogP contribution is -2.22. The van der Waals surface area contributed by atoms with E-state index in [0.717, 1.165) is 12.1 Å². The summed E-state index contributed by atoms with van der Waals surface area (Å²) in [5.41, 5.74) is -0.140. The summed E-state index contributed by atoms with van der Waals surface area (Å²) in [6.07, 6.45) is -0.0509. The zero-order chi connectivity index (χ0) is 15.6. The number of nitrogens with one attached hydrogen (secondary N) is 1. The van der Waals surface area contributed by atoms with E-state index in [0.29, 0.717) is 18.2 Å². The molecule has 2 aromatic carbocycles. The normalized spacial score (nSPS) is 12.5. The molecule has 2 rings (SSSR count). The highest BCUT2D eigenvalue weighted by molar-refractivity contribution is 5.27. The van der Waals surface area contributed by atoms with Crippen molar-refractivity contribution in [2.24, 2.45) is 0 Å². The van der Waals surface area contributed by atoms with Crippen LogP contribution in [0.2, 0.25) is 0 Å². The van der Waals surface area contributed by atoms with Crippen LogP contribution in [0.25, 0.3) is 0 Å². The quantitative estimate of drug-likeness (QED) is 0.845. The van der Waals surface area contributed by atoms with Crippen LogP contribution >= 0.6 is 0 Å². The Balaban J connectivity index is 2.36. The first kappa shape index (κ1) is 15.4. The summed E-state index contributed by atoms with van der Waals surface area (Å²) in [5.74, 6) is -4.69. The van der Waals surface area contributed by atoms with Crippen LogP contribution in [-0.2, 0) is 6.42 Å². The number of benzene rings is 2. The van der Waals surface area contributed by atoms with Crippen LogP contribution in [0.5, 0.6) is 0 Å². The Morgan fingerprint density at radius 1 is 0.810 bits per heavy atom. The molecule has 1 N–H and O–H groups in total. The summed E-state index contributed by atoms with van der Waals surface area (Å²) in [6, 6.07) is 3.10. The first-order valence-corrected chi connectivity index (χ1v) is 6.17. The third-order valence-corrected chi connectivity index (χ3v) is 3.10. The van der Waals surface area contributed by atoms with Gasteiger partial charge in [0.25, 0.3) is 0 Å². The molecule has 0 heterocycles. The van der Waals surface area contributed by atoms with E-state index < -0.39 is 35.1 Å². The van der Waals surface area contributed by atoms with Crippen molar-refractivity contribution in [2.45, 2.75) is 12.5 Å². The fourth-order valence-electron chi connectivity index (χ4n) is 2.20. The Kier molecular flexibility index (Phi) is 4.57. The number of likely N-dealkylation sites (N-methyl/N-ethyl adjacent to an activating group) is 1. The molecule has 6 heteroatoms. The Morgan fingerprint density at radius 3 is 1.76 bits per heavy atom. The highest BCUT2D eigenvalue weighted by Gasteiger charge is 2.21. The van der Waals surface area contributed by atoms with Crippen LogP contribution in [0.1, 0.15) is 17.2 Å². The third kappa shape index (κ3) is 3.58. The topological polar surface area (TPSA) is 12.0 Å². The molecule has 1 unspecified atom stereocenters. The van der Waals surface area contributed by atoms with Gasteiger partial charge in [-0.05, 0) is 31.2 Å².